The molecule has 0 aliphatic heterocycles. The molecule has 1 heterocycles. The average Bonchev–Trinajstić information content (AvgIpc) is 2.92. The van der Waals surface area contributed by atoms with Crippen molar-refractivity contribution in [3.63, 3.8) is 0 Å². The largest absolute Gasteiger partial charge is 0.493 e. The standard InChI is InChI=1S/C14H17NO2S/c1-3-17-12-5-4-10(8-13(12)16-2)14(15)11-6-7-18-9-11/h4-9,14H,3,15H2,1-2H3/t14-/m1/s1. The molecule has 3 nitrogen and oxygen atoms in total. The van der Waals surface area contributed by atoms with Crippen molar-refractivity contribution in [2.24, 2.45) is 5.73 Å². The molecule has 0 spiro atoms. The highest BCUT2D eigenvalue weighted by Crippen LogP contribution is 2.31. The van der Waals surface area contributed by atoms with Crippen LogP contribution in [0.5, 0.6) is 11.5 Å². The lowest BCUT2D eigenvalue weighted by Crippen LogP contribution is -2.11. The van der Waals surface area contributed by atoms with E-state index in [0.29, 0.717) is 6.61 Å². The fourth-order valence-electron chi connectivity index (χ4n) is 1.80. The van der Waals surface area contributed by atoms with Crippen LogP contribution in [0.2, 0.25) is 0 Å². The number of thiophene rings is 1. The van der Waals surface area contributed by atoms with Crippen LogP contribution < -0.4 is 15.2 Å². The van der Waals surface area contributed by atoms with Gasteiger partial charge in [-0.05, 0) is 47.0 Å². The number of hydrogen-bond acceptors (Lipinski definition) is 4. The number of methoxy groups -OCH3 is 1. The maximum Gasteiger partial charge on any atom is 0.161 e. The van der Waals surface area contributed by atoms with E-state index in [0.717, 1.165) is 22.6 Å². The molecule has 0 saturated heterocycles. The zero-order chi connectivity index (χ0) is 13.0. The Morgan fingerprint density at radius 3 is 2.67 bits per heavy atom. The third-order valence-electron chi connectivity index (χ3n) is 2.75. The lowest BCUT2D eigenvalue weighted by atomic mass is 10.0. The van der Waals surface area contributed by atoms with Gasteiger partial charge in [-0.1, -0.05) is 6.07 Å². The number of benzene rings is 1. The second-order valence-corrected chi connectivity index (χ2v) is 4.66. The number of nitrogens with two attached hydrogens (primary N) is 1. The summed E-state index contributed by atoms with van der Waals surface area (Å²) in [7, 11) is 1.64. The third kappa shape index (κ3) is 2.66. The minimum Gasteiger partial charge on any atom is -0.493 e. The van der Waals surface area contributed by atoms with Crippen LogP contribution >= 0.6 is 11.3 Å². The highest BCUT2D eigenvalue weighted by molar-refractivity contribution is 7.08. The van der Waals surface area contributed by atoms with Crippen LogP contribution in [0.3, 0.4) is 0 Å². The molecule has 1 aromatic carbocycles. The fourth-order valence-corrected chi connectivity index (χ4v) is 2.49. The van der Waals surface area contributed by atoms with Gasteiger partial charge in [-0.2, -0.15) is 11.3 Å². The van der Waals surface area contributed by atoms with Gasteiger partial charge in [0.15, 0.2) is 11.5 Å². The highest BCUT2D eigenvalue weighted by Gasteiger charge is 2.12. The summed E-state index contributed by atoms with van der Waals surface area (Å²) < 4.78 is 10.8. The first-order valence-electron chi connectivity index (χ1n) is 5.84. The summed E-state index contributed by atoms with van der Waals surface area (Å²) in [5, 5.41) is 4.09. The molecule has 96 valence electrons. The van der Waals surface area contributed by atoms with Crippen LogP contribution in [0.25, 0.3) is 0 Å². The molecule has 0 aliphatic rings. The van der Waals surface area contributed by atoms with E-state index in [1.54, 1.807) is 18.4 Å². The zero-order valence-electron chi connectivity index (χ0n) is 10.6. The Balaban J connectivity index is 2.29. The predicted octanol–water partition coefficient (Wildman–Crippen LogP) is 3.20. The summed E-state index contributed by atoms with van der Waals surface area (Å²) in [4.78, 5) is 0. The minimum atomic E-state index is -0.124. The van der Waals surface area contributed by atoms with E-state index in [-0.39, 0.29) is 6.04 Å². The minimum absolute atomic E-state index is 0.124. The fraction of sp³-hybridized carbons (Fsp3) is 0.286. The summed E-state index contributed by atoms with van der Waals surface area (Å²) in [6.45, 7) is 2.57. The molecule has 0 saturated carbocycles. The number of hydrogen-bond donors (Lipinski definition) is 1. The highest BCUT2D eigenvalue weighted by atomic mass is 32.1. The van der Waals surface area contributed by atoms with E-state index in [9.17, 15) is 0 Å². The maximum absolute atomic E-state index is 6.22. The Bertz CT molecular complexity index is 497. The van der Waals surface area contributed by atoms with E-state index in [4.69, 9.17) is 15.2 Å². The molecule has 0 amide bonds. The molecular formula is C14H17NO2S. The molecule has 2 aromatic rings. The maximum atomic E-state index is 6.22. The Morgan fingerprint density at radius 1 is 1.22 bits per heavy atom. The van der Waals surface area contributed by atoms with Crippen molar-refractivity contribution in [3.8, 4) is 11.5 Å². The van der Waals surface area contributed by atoms with Gasteiger partial charge in [0.2, 0.25) is 0 Å². The van der Waals surface area contributed by atoms with Gasteiger partial charge in [0, 0.05) is 0 Å². The lowest BCUT2D eigenvalue weighted by molar-refractivity contribution is 0.310. The molecule has 0 unspecified atom stereocenters. The topological polar surface area (TPSA) is 44.5 Å². The van der Waals surface area contributed by atoms with Crippen molar-refractivity contribution in [2.75, 3.05) is 13.7 Å². The van der Waals surface area contributed by atoms with Gasteiger partial charge in [0.1, 0.15) is 0 Å². The number of rotatable bonds is 5. The summed E-state index contributed by atoms with van der Waals surface area (Å²) in [6, 6.07) is 7.74. The van der Waals surface area contributed by atoms with E-state index in [1.807, 2.05) is 36.6 Å². The summed E-state index contributed by atoms with van der Waals surface area (Å²) in [6.07, 6.45) is 0. The van der Waals surface area contributed by atoms with Crippen LogP contribution in [0.1, 0.15) is 24.1 Å². The lowest BCUT2D eigenvalue weighted by Gasteiger charge is -2.14. The van der Waals surface area contributed by atoms with Crippen molar-refractivity contribution in [1.82, 2.24) is 0 Å². The van der Waals surface area contributed by atoms with Crippen molar-refractivity contribution >= 4 is 11.3 Å². The summed E-state index contributed by atoms with van der Waals surface area (Å²) in [5.41, 5.74) is 8.36. The normalized spacial score (nSPS) is 12.2. The van der Waals surface area contributed by atoms with Crippen molar-refractivity contribution in [3.05, 3.63) is 46.2 Å². The predicted molar refractivity (Wildman–Crippen MR) is 74.5 cm³/mol. The third-order valence-corrected chi connectivity index (χ3v) is 3.45. The van der Waals surface area contributed by atoms with Crippen molar-refractivity contribution in [2.45, 2.75) is 13.0 Å². The van der Waals surface area contributed by atoms with Crippen LogP contribution in [0.15, 0.2) is 35.0 Å². The second-order valence-electron chi connectivity index (χ2n) is 3.88. The average molecular weight is 263 g/mol. The van der Waals surface area contributed by atoms with Gasteiger partial charge in [0.25, 0.3) is 0 Å². The van der Waals surface area contributed by atoms with E-state index < -0.39 is 0 Å². The molecule has 0 fully saturated rings. The Labute approximate surface area is 111 Å². The quantitative estimate of drug-likeness (QED) is 0.901. The van der Waals surface area contributed by atoms with Gasteiger partial charge in [0.05, 0.1) is 19.8 Å². The monoisotopic (exact) mass is 263 g/mol. The van der Waals surface area contributed by atoms with Gasteiger partial charge in [-0.3, -0.25) is 0 Å². The van der Waals surface area contributed by atoms with E-state index in [2.05, 4.69) is 5.38 Å². The molecule has 2 rings (SSSR count). The summed E-state index contributed by atoms with van der Waals surface area (Å²) in [5.74, 6) is 1.47. The Kier molecular flexibility index (Phi) is 4.23. The molecular weight excluding hydrogens is 246 g/mol. The smallest absolute Gasteiger partial charge is 0.161 e. The van der Waals surface area contributed by atoms with Crippen LogP contribution in [-0.4, -0.2) is 13.7 Å². The number of ether oxygens (including phenoxy) is 2. The SMILES string of the molecule is CCOc1ccc([C@@H](N)c2ccsc2)cc1OC. The molecule has 0 bridgehead atoms. The zero-order valence-corrected chi connectivity index (χ0v) is 11.4. The van der Waals surface area contributed by atoms with E-state index >= 15 is 0 Å². The first-order valence-corrected chi connectivity index (χ1v) is 6.79. The van der Waals surface area contributed by atoms with Crippen LogP contribution in [0.4, 0.5) is 0 Å². The van der Waals surface area contributed by atoms with Crippen LogP contribution in [0, 0.1) is 0 Å². The molecule has 4 heteroatoms. The first kappa shape index (κ1) is 12.9. The molecule has 18 heavy (non-hydrogen) atoms. The second kappa shape index (κ2) is 5.89. The van der Waals surface area contributed by atoms with Gasteiger partial charge in [-0.25, -0.2) is 0 Å². The van der Waals surface area contributed by atoms with Gasteiger partial charge < -0.3 is 15.2 Å². The Morgan fingerprint density at radius 2 is 2.06 bits per heavy atom. The molecule has 0 radical (unpaired) electrons. The van der Waals surface area contributed by atoms with Crippen molar-refractivity contribution in [1.29, 1.82) is 0 Å². The van der Waals surface area contributed by atoms with E-state index in [1.165, 1.54) is 0 Å². The van der Waals surface area contributed by atoms with Crippen molar-refractivity contribution < 1.29 is 9.47 Å². The van der Waals surface area contributed by atoms with Gasteiger partial charge in [-0.15, -0.1) is 0 Å². The van der Waals surface area contributed by atoms with Crippen LogP contribution in [-0.2, 0) is 0 Å². The van der Waals surface area contributed by atoms with Gasteiger partial charge >= 0.3 is 0 Å². The molecule has 1 atom stereocenters. The molecule has 1 aromatic heterocycles. The molecule has 2 N–H and O–H groups in total. The first-order chi connectivity index (χ1) is 8.76. The molecule has 0 aliphatic carbocycles. The Hall–Kier alpha value is -1.52. The summed E-state index contributed by atoms with van der Waals surface area (Å²) >= 11 is 1.65.